The van der Waals surface area contributed by atoms with Gasteiger partial charge in [-0.25, -0.2) is 0 Å². The number of carbonyl (C=O) groups is 1. The van der Waals surface area contributed by atoms with Crippen LogP contribution in [-0.4, -0.2) is 36.4 Å². The van der Waals surface area contributed by atoms with Gasteiger partial charge in [-0.1, -0.05) is 18.2 Å². The van der Waals surface area contributed by atoms with E-state index >= 15 is 0 Å². The van der Waals surface area contributed by atoms with Gasteiger partial charge in [0.05, 0.1) is 13.2 Å². The van der Waals surface area contributed by atoms with Gasteiger partial charge in [-0.15, -0.1) is 0 Å². The van der Waals surface area contributed by atoms with E-state index in [1.54, 1.807) is 0 Å². The summed E-state index contributed by atoms with van der Waals surface area (Å²) in [4.78, 5) is 15.7. The van der Waals surface area contributed by atoms with Crippen LogP contribution in [0, 0.1) is 5.92 Å². The third kappa shape index (κ3) is 3.06. The number of benzene rings is 1. The second-order valence-corrected chi connectivity index (χ2v) is 6.78. The number of hydrogen-bond acceptors (Lipinski definition) is 3. The summed E-state index contributed by atoms with van der Waals surface area (Å²) in [6.45, 7) is 2.04. The van der Waals surface area contributed by atoms with Gasteiger partial charge in [0.2, 0.25) is 5.91 Å². The van der Waals surface area contributed by atoms with E-state index in [1.807, 2.05) is 18.3 Å². The van der Waals surface area contributed by atoms with Gasteiger partial charge >= 0.3 is 0 Å². The quantitative estimate of drug-likeness (QED) is 0.907. The van der Waals surface area contributed by atoms with Gasteiger partial charge in [0, 0.05) is 42.4 Å². The highest BCUT2D eigenvalue weighted by molar-refractivity contribution is 5.83. The highest BCUT2D eigenvalue weighted by Gasteiger charge is 2.41. The van der Waals surface area contributed by atoms with Crippen LogP contribution in [0.25, 0.3) is 10.9 Å². The number of aromatic nitrogens is 1. The summed E-state index contributed by atoms with van der Waals surface area (Å²) in [5.41, 5.74) is 2.40. The molecule has 1 saturated carbocycles. The largest absolute Gasteiger partial charge is 0.361 e. The van der Waals surface area contributed by atoms with Gasteiger partial charge in [0.25, 0.3) is 0 Å². The lowest BCUT2D eigenvalue weighted by molar-refractivity contribution is -0.183. The number of para-hydroxylation sites is 1. The summed E-state index contributed by atoms with van der Waals surface area (Å²) in [6.07, 6.45) is 6.23. The number of H-pyrrole nitrogens is 1. The van der Waals surface area contributed by atoms with Crippen molar-refractivity contribution in [1.29, 1.82) is 0 Å². The molecule has 0 bridgehead atoms. The van der Waals surface area contributed by atoms with E-state index in [4.69, 9.17) is 9.47 Å². The molecule has 1 aliphatic carbocycles. The van der Waals surface area contributed by atoms with Crippen LogP contribution >= 0.6 is 0 Å². The van der Waals surface area contributed by atoms with Gasteiger partial charge in [-0.05, 0) is 30.9 Å². The second kappa shape index (κ2) is 6.57. The smallest absolute Gasteiger partial charge is 0.223 e. The maximum absolute atomic E-state index is 12.4. The Morgan fingerprint density at radius 2 is 1.96 bits per heavy atom. The van der Waals surface area contributed by atoms with E-state index in [-0.39, 0.29) is 17.6 Å². The molecule has 0 unspecified atom stereocenters. The van der Waals surface area contributed by atoms with Crippen LogP contribution in [0.5, 0.6) is 0 Å². The van der Waals surface area contributed by atoms with Crippen LogP contribution in [0.2, 0.25) is 0 Å². The third-order valence-corrected chi connectivity index (χ3v) is 5.30. The summed E-state index contributed by atoms with van der Waals surface area (Å²) >= 11 is 0. The molecule has 1 aromatic carbocycles. The SMILES string of the molecule is O=C(NCCc1c[nH]c2ccccc12)C1CCC2(CC1)OCCO2. The molecule has 2 heterocycles. The third-order valence-electron chi connectivity index (χ3n) is 5.30. The summed E-state index contributed by atoms with van der Waals surface area (Å²) in [7, 11) is 0. The van der Waals surface area contributed by atoms with Crippen molar-refractivity contribution in [3.05, 3.63) is 36.0 Å². The Hall–Kier alpha value is -1.85. The van der Waals surface area contributed by atoms with E-state index in [9.17, 15) is 4.79 Å². The van der Waals surface area contributed by atoms with Crippen LogP contribution in [0.15, 0.2) is 30.5 Å². The maximum atomic E-state index is 12.4. The van der Waals surface area contributed by atoms with Gasteiger partial charge in [-0.2, -0.15) is 0 Å². The van der Waals surface area contributed by atoms with Crippen molar-refractivity contribution in [3.8, 4) is 0 Å². The molecule has 1 amide bonds. The number of nitrogens with one attached hydrogen (secondary N) is 2. The molecule has 2 fully saturated rings. The molecule has 1 saturated heterocycles. The van der Waals surface area contributed by atoms with Crippen LogP contribution < -0.4 is 5.32 Å². The predicted octanol–water partition coefficient (Wildman–Crippen LogP) is 2.76. The van der Waals surface area contributed by atoms with E-state index in [2.05, 4.69) is 22.4 Å². The number of amides is 1. The molecule has 4 rings (SSSR count). The van der Waals surface area contributed by atoms with Crippen molar-refractivity contribution in [2.24, 2.45) is 5.92 Å². The summed E-state index contributed by atoms with van der Waals surface area (Å²) < 4.78 is 11.4. The van der Waals surface area contributed by atoms with Crippen molar-refractivity contribution in [3.63, 3.8) is 0 Å². The summed E-state index contributed by atoms with van der Waals surface area (Å²) in [5, 5.41) is 4.34. The zero-order valence-corrected chi connectivity index (χ0v) is 13.8. The fraction of sp³-hybridized carbons (Fsp3) is 0.526. The summed E-state index contributed by atoms with van der Waals surface area (Å²) in [6, 6.07) is 8.26. The zero-order chi connectivity index (χ0) is 16.4. The Bertz CT molecular complexity index is 708. The van der Waals surface area contributed by atoms with Crippen molar-refractivity contribution >= 4 is 16.8 Å². The molecule has 1 aromatic heterocycles. The normalized spacial score (nSPS) is 20.7. The minimum absolute atomic E-state index is 0.0893. The molecule has 0 atom stereocenters. The lowest BCUT2D eigenvalue weighted by Gasteiger charge is -2.34. The van der Waals surface area contributed by atoms with Crippen molar-refractivity contribution < 1.29 is 14.3 Å². The molecule has 2 aromatic rings. The first-order valence-corrected chi connectivity index (χ1v) is 8.86. The Balaban J connectivity index is 1.26. The first-order chi connectivity index (χ1) is 11.8. The molecule has 128 valence electrons. The van der Waals surface area contributed by atoms with E-state index in [1.165, 1.54) is 10.9 Å². The number of ether oxygens (including phenoxy) is 2. The van der Waals surface area contributed by atoms with E-state index < -0.39 is 0 Å². The van der Waals surface area contributed by atoms with Crippen LogP contribution in [0.3, 0.4) is 0 Å². The van der Waals surface area contributed by atoms with Crippen LogP contribution in [-0.2, 0) is 20.7 Å². The lowest BCUT2D eigenvalue weighted by Crippen LogP contribution is -2.40. The molecular formula is C19H24N2O3. The van der Waals surface area contributed by atoms with Crippen molar-refractivity contribution in [1.82, 2.24) is 10.3 Å². The number of aromatic amines is 1. The Labute approximate surface area is 141 Å². The van der Waals surface area contributed by atoms with Crippen molar-refractivity contribution in [2.45, 2.75) is 37.9 Å². The molecular weight excluding hydrogens is 304 g/mol. The fourth-order valence-electron chi connectivity index (χ4n) is 3.91. The highest BCUT2D eigenvalue weighted by atomic mass is 16.7. The van der Waals surface area contributed by atoms with Crippen LogP contribution in [0.1, 0.15) is 31.2 Å². The van der Waals surface area contributed by atoms with E-state index in [0.29, 0.717) is 19.8 Å². The molecule has 5 heteroatoms. The Morgan fingerprint density at radius 1 is 1.21 bits per heavy atom. The molecule has 0 radical (unpaired) electrons. The lowest BCUT2D eigenvalue weighted by atomic mass is 9.84. The second-order valence-electron chi connectivity index (χ2n) is 6.78. The zero-order valence-electron chi connectivity index (χ0n) is 13.8. The van der Waals surface area contributed by atoms with Crippen molar-refractivity contribution in [2.75, 3.05) is 19.8 Å². The Morgan fingerprint density at radius 3 is 2.75 bits per heavy atom. The van der Waals surface area contributed by atoms with E-state index in [0.717, 1.165) is 37.6 Å². The van der Waals surface area contributed by atoms with Crippen LogP contribution in [0.4, 0.5) is 0 Å². The molecule has 5 nitrogen and oxygen atoms in total. The monoisotopic (exact) mass is 328 g/mol. The number of hydrogen-bond donors (Lipinski definition) is 2. The average molecular weight is 328 g/mol. The highest BCUT2D eigenvalue weighted by Crippen LogP contribution is 2.38. The minimum atomic E-state index is -0.388. The number of carbonyl (C=O) groups excluding carboxylic acids is 1. The maximum Gasteiger partial charge on any atom is 0.223 e. The molecule has 24 heavy (non-hydrogen) atoms. The molecule has 2 N–H and O–H groups in total. The minimum Gasteiger partial charge on any atom is -0.361 e. The average Bonchev–Trinajstić information content (AvgIpc) is 3.23. The molecule has 1 aliphatic heterocycles. The predicted molar refractivity (Wildman–Crippen MR) is 91.6 cm³/mol. The fourth-order valence-corrected chi connectivity index (χ4v) is 3.91. The topological polar surface area (TPSA) is 63.4 Å². The molecule has 2 aliphatic rings. The first-order valence-electron chi connectivity index (χ1n) is 8.86. The number of fused-ring (bicyclic) bond motifs is 1. The van der Waals surface area contributed by atoms with Gasteiger partial charge in [-0.3, -0.25) is 4.79 Å². The summed E-state index contributed by atoms with van der Waals surface area (Å²) in [5.74, 6) is -0.130. The number of rotatable bonds is 4. The van der Waals surface area contributed by atoms with Gasteiger partial charge in [0.1, 0.15) is 0 Å². The van der Waals surface area contributed by atoms with Gasteiger partial charge in [0.15, 0.2) is 5.79 Å². The Kier molecular flexibility index (Phi) is 4.29. The van der Waals surface area contributed by atoms with Gasteiger partial charge < -0.3 is 19.8 Å². The first kappa shape index (κ1) is 15.7. The molecule has 1 spiro atoms. The standard InChI is InChI=1S/C19H24N2O3/c22-18(14-5-8-19(9-6-14)23-11-12-24-19)20-10-7-15-13-21-17-4-2-1-3-16(15)17/h1-4,13-14,21H,5-12H2,(H,20,22).